The van der Waals surface area contributed by atoms with Crippen LogP contribution in [0.1, 0.15) is 11.6 Å². The Labute approximate surface area is 172 Å². The van der Waals surface area contributed by atoms with Crippen molar-refractivity contribution >= 4 is 17.5 Å². The zero-order chi connectivity index (χ0) is 21.2. The van der Waals surface area contributed by atoms with Crippen LogP contribution in [0.3, 0.4) is 0 Å². The first-order valence-corrected chi connectivity index (χ1v) is 9.77. The lowest BCUT2D eigenvalue weighted by Crippen LogP contribution is -3.15. The second-order valence-corrected chi connectivity index (χ2v) is 7.13. The van der Waals surface area contributed by atoms with Crippen LogP contribution in [-0.4, -0.2) is 85.8 Å². The van der Waals surface area contributed by atoms with Crippen LogP contribution >= 0.6 is 0 Å². The van der Waals surface area contributed by atoms with Crippen molar-refractivity contribution in [3.05, 3.63) is 29.8 Å². The summed E-state index contributed by atoms with van der Waals surface area (Å²) >= 11 is 0. The molecule has 0 spiro atoms. The van der Waals surface area contributed by atoms with Crippen LogP contribution in [0.2, 0.25) is 0 Å². The number of amides is 2. The van der Waals surface area contributed by atoms with E-state index in [0.717, 1.165) is 24.3 Å². The van der Waals surface area contributed by atoms with Gasteiger partial charge in [-0.25, -0.2) is 0 Å². The van der Waals surface area contributed by atoms with Gasteiger partial charge < -0.3 is 34.6 Å². The summed E-state index contributed by atoms with van der Waals surface area (Å²) in [6.45, 7) is 3.54. The number of carbonyl (C=O) groups excluding carboxylic acids is 2. The van der Waals surface area contributed by atoms with Crippen LogP contribution in [-0.2, 0) is 23.8 Å². The molecule has 9 nitrogen and oxygen atoms in total. The minimum atomic E-state index is -0.706. The Hall–Kier alpha value is -2.20. The molecule has 0 aromatic heterocycles. The number of hydrogen-bond acceptors (Lipinski definition) is 6. The van der Waals surface area contributed by atoms with E-state index in [1.54, 1.807) is 0 Å². The SMILES string of the molecule is COC(CNC(=O)C(=O)NC[C@H](c1ccc(N(C)C)cc1)[NH+]1CCOCC1)OC. The van der Waals surface area contributed by atoms with Gasteiger partial charge in [0.25, 0.3) is 0 Å². The van der Waals surface area contributed by atoms with E-state index >= 15 is 0 Å². The Kier molecular flexibility index (Phi) is 9.33. The Morgan fingerprint density at radius 3 is 2.10 bits per heavy atom. The maximum Gasteiger partial charge on any atom is 0.309 e. The molecule has 0 saturated carbocycles. The lowest BCUT2D eigenvalue weighted by atomic mass is 10.0. The number of quaternary nitrogens is 1. The molecular formula is C20H33N4O5+. The van der Waals surface area contributed by atoms with E-state index in [1.807, 2.05) is 19.0 Å². The van der Waals surface area contributed by atoms with Crippen LogP contribution < -0.4 is 20.4 Å². The maximum atomic E-state index is 12.2. The molecule has 2 rings (SSSR count). The third kappa shape index (κ3) is 6.97. The molecule has 162 valence electrons. The number of rotatable bonds is 9. The number of hydrogen-bond donors (Lipinski definition) is 3. The molecule has 1 heterocycles. The number of ether oxygens (including phenoxy) is 3. The summed E-state index contributed by atoms with van der Waals surface area (Å²) in [7, 11) is 6.93. The van der Waals surface area contributed by atoms with Crippen molar-refractivity contribution in [3.63, 3.8) is 0 Å². The van der Waals surface area contributed by atoms with Gasteiger partial charge in [-0.1, -0.05) is 12.1 Å². The fraction of sp³-hybridized carbons (Fsp3) is 0.600. The molecule has 1 fully saturated rings. The molecule has 1 saturated heterocycles. The lowest BCUT2D eigenvalue weighted by molar-refractivity contribution is -0.937. The van der Waals surface area contributed by atoms with E-state index in [0.29, 0.717) is 19.8 Å². The molecule has 1 aromatic carbocycles. The van der Waals surface area contributed by atoms with Crippen molar-refractivity contribution in [1.29, 1.82) is 0 Å². The van der Waals surface area contributed by atoms with Crippen molar-refractivity contribution in [2.45, 2.75) is 12.3 Å². The molecule has 2 amide bonds. The molecule has 0 radical (unpaired) electrons. The third-order valence-corrected chi connectivity index (χ3v) is 5.07. The average Bonchev–Trinajstić information content (AvgIpc) is 2.75. The Morgan fingerprint density at radius 2 is 1.59 bits per heavy atom. The minimum Gasteiger partial charge on any atom is -0.378 e. The summed E-state index contributed by atoms with van der Waals surface area (Å²) in [5.41, 5.74) is 2.23. The van der Waals surface area contributed by atoms with Crippen LogP contribution in [0.25, 0.3) is 0 Å². The van der Waals surface area contributed by atoms with Gasteiger partial charge in [0.2, 0.25) is 0 Å². The van der Waals surface area contributed by atoms with E-state index in [-0.39, 0.29) is 12.6 Å². The van der Waals surface area contributed by atoms with Gasteiger partial charge in [-0.15, -0.1) is 0 Å². The Balaban J connectivity index is 2.00. The van der Waals surface area contributed by atoms with Gasteiger partial charge in [-0.05, 0) is 12.1 Å². The molecule has 0 aliphatic carbocycles. The van der Waals surface area contributed by atoms with Gasteiger partial charge in [0, 0.05) is 39.6 Å². The first kappa shape index (κ1) is 23.1. The molecule has 1 aliphatic rings. The smallest absolute Gasteiger partial charge is 0.309 e. The normalized spacial score (nSPS) is 15.8. The summed E-state index contributed by atoms with van der Waals surface area (Å²) < 4.78 is 15.5. The molecule has 9 heteroatoms. The molecule has 0 bridgehead atoms. The van der Waals surface area contributed by atoms with Crippen LogP contribution in [0.15, 0.2) is 24.3 Å². The number of anilines is 1. The van der Waals surface area contributed by atoms with Gasteiger partial charge in [0.15, 0.2) is 6.29 Å². The fourth-order valence-corrected chi connectivity index (χ4v) is 3.28. The first-order valence-electron chi connectivity index (χ1n) is 9.77. The van der Waals surface area contributed by atoms with Gasteiger partial charge in [0.1, 0.15) is 19.1 Å². The summed E-state index contributed by atoms with van der Waals surface area (Å²) in [5, 5.41) is 5.28. The van der Waals surface area contributed by atoms with Crippen LogP contribution in [0.5, 0.6) is 0 Å². The summed E-state index contributed by atoms with van der Waals surface area (Å²) in [6.07, 6.45) is -0.590. The second kappa shape index (κ2) is 11.7. The molecule has 1 atom stereocenters. The van der Waals surface area contributed by atoms with Crippen molar-refractivity contribution in [2.75, 3.05) is 72.6 Å². The van der Waals surface area contributed by atoms with E-state index < -0.39 is 18.1 Å². The zero-order valence-corrected chi connectivity index (χ0v) is 17.7. The number of morpholine rings is 1. The molecule has 1 aliphatic heterocycles. The number of nitrogens with one attached hydrogen (secondary N) is 3. The first-order chi connectivity index (χ1) is 14.0. The highest BCUT2D eigenvalue weighted by Crippen LogP contribution is 2.16. The molecule has 0 unspecified atom stereocenters. The van der Waals surface area contributed by atoms with Crippen molar-refractivity contribution < 1.29 is 28.7 Å². The fourth-order valence-electron chi connectivity index (χ4n) is 3.28. The van der Waals surface area contributed by atoms with Gasteiger partial charge in [-0.2, -0.15) is 0 Å². The largest absolute Gasteiger partial charge is 0.378 e. The van der Waals surface area contributed by atoms with E-state index in [2.05, 4.69) is 34.9 Å². The van der Waals surface area contributed by atoms with Crippen LogP contribution in [0, 0.1) is 0 Å². The number of benzene rings is 1. The minimum absolute atomic E-state index is 0.0394. The van der Waals surface area contributed by atoms with E-state index in [1.165, 1.54) is 19.1 Å². The maximum absolute atomic E-state index is 12.2. The summed E-state index contributed by atoms with van der Waals surface area (Å²) in [5.74, 6) is -1.37. The quantitative estimate of drug-likeness (QED) is 0.342. The van der Waals surface area contributed by atoms with E-state index in [9.17, 15) is 9.59 Å². The molecule has 3 N–H and O–H groups in total. The highest BCUT2D eigenvalue weighted by atomic mass is 16.7. The number of nitrogens with zero attached hydrogens (tertiary/aromatic N) is 1. The predicted molar refractivity (Wildman–Crippen MR) is 109 cm³/mol. The van der Waals surface area contributed by atoms with E-state index in [4.69, 9.17) is 14.2 Å². The second-order valence-electron chi connectivity index (χ2n) is 7.13. The van der Waals surface area contributed by atoms with Gasteiger partial charge in [-0.3, -0.25) is 9.59 Å². The molecule has 29 heavy (non-hydrogen) atoms. The van der Waals surface area contributed by atoms with Gasteiger partial charge >= 0.3 is 11.8 Å². The van der Waals surface area contributed by atoms with Crippen molar-refractivity contribution in [2.24, 2.45) is 0 Å². The summed E-state index contributed by atoms with van der Waals surface area (Å²) in [6, 6.07) is 8.32. The highest BCUT2D eigenvalue weighted by Gasteiger charge is 2.28. The average molecular weight is 410 g/mol. The highest BCUT2D eigenvalue weighted by molar-refractivity contribution is 6.35. The topological polar surface area (TPSA) is 93.6 Å². The monoisotopic (exact) mass is 409 g/mol. The number of carbonyl (C=O) groups is 2. The summed E-state index contributed by atoms with van der Waals surface area (Å²) in [4.78, 5) is 27.7. The van der Waals surface area contributed by atoms with Gasteiger partial charge in [0.05, 0.1) is 26.3 Å². The zero-order valence-electron chi connectivity index (χ0n) is 17.7. The predicted octanol–water partition coefficient (Wildman–Crippen LogP) is -1.44. The standard InChI is InChI=1S/C20H32N4O5/c1-23(2)16-7-5-15(6-8-16)17(24-9-11-29-12-10-24)13-21-19(25)20(26)22-14-18(27-3)28-4/h5-8,17-18H,9-14H2,1-4H3,(H,21,25)(H,22,26)/p+1/t17-/m1/s1. The number of methoxy groups -OCH3 is 2. The van der Waals surface area contributed by atoms with Crippen molar-refractivity contribution in [1.82, 2.24) is 10.6 Å². The third-order valence-electron chi connectivity index (χ3n) is 5.07. The lowest BCUT2D eigenvalue weighted by Gasteiger charge is -2.32. The molecular weight excluding hydrogens is 376 g/mol. The Bertz CT molecular complexity index is 643. The van der Waals surface area contributed by atoms with Crippen LogP contribution in [0.4, 0.5) is 5.69 Å². The molecule has 1 aromatic rings. The van der Waals surface area contributed by atoms with Crippen molar-refractivity contribution in [3.8, 4) is 0 Å². The Morgan fingerprint density at radius 1 is 1.03 bits per heavy atom.